The van der Waals surface area contributed by atoms with Crippen LogP contribution in [-0.2, 0) is 17.3 Å². The molecule has 1 aromatic rings. The van der Waals surface area contributed by atoms with Gasteiger partial charge >= 0.3 is 0 Å². The summed E-state index contributed by atoms with van der Waals surface area (Å²) >= 11 is 0. The van der Waals surface area contributed by atoms with Gasteiger partial charge in [-0.2, -0.15) is 0 Å². The van der Waals surface area contributed by atoms with Gasteiger partial charge < -0.3 is 10.2 Å². The molecule has 2 nitrogen and oxygen atoms in total. The van der Waals surface area contributed by atoms with E-state index < -0.39 is 0 Å². The highest BCUT2D eigenvalue weighted by Crippen LogP contribution is 2.40. The molecule has 1 aromatic carbocycles. The van der Waals surface area contributed by atoms with E-state index in [1.807, 2.05) is 6.92 Å². The average molecular weight is 292 g/mol. The number of benzene rings is 1. The quantitative estimate of drug-likeness (QED) is 0.858. The van der Waals surface area contributed by atoms with E-state index in [0.717, 1.165) is 17.5 Å². The van der Waals surface area contributed by atoms with Crippen molar-refractivity contribution in [3.05, 3.63) is 28.8 Å². The lowest BCUT2D eigenvalue weighted by molar-refractivity contribution is 0.135. The number of phenolic OH excluding ortho intramolecular Hbond substituents is 1. The Morgan fingerprint density at radius 3 is 1.57 bits per heavy atom. The number of hydrogen-bond acceptors (Lipinski definition) is 2. The van der Waals surface area contributed by atoms with Gasteiger partial charge in [-0.05, 0) is 46.8 Å². The molecule has 0 amide bonds. The largest absolute Gasteiger partial charge is 0.507 e. The first kappa shape index (κ1) is 18.0. The lowest BCUT2D eigenvalue weighted by atomic mass is 9.77. The third kappa shape index (κ3) is 4.47. The van der Waals surface area contributed by atoms with Crippen LogP contribution in [-0.4, -0.2) is 16.3 Å². The molecule has 0 aromatic heterocycles. The number of hydrogen-bond donors (Lipinski definition) is 2. The molecule has 0 radical (unpaired) electrons. The monoisotopic (exact) mass is 292 g/mol. The maximum atomic E-state index is 10.7. The summed E-state index contributed by atoms with van der Waals surface area (Å²) in [7, 11) is 0. The van der Waals surface area contributed by atoms with Crippen LogP contribution in [0, 0.1) is 5.92 Å². The molecule has 0 saturated heterocycles. The third-order valence-electron chi connectivity index (χ3n) is 4.17. The zero-order valence-corrected chi connectivity index (χ0v) is 14.9. The Hall–Kier alpha value is -1.02. The van der Waals surface area contributed by atoms with Crippen molar-refractivity contribution in [1.82, 2.24) is 0 Å². The average Bonchev–Trinajstić information content (AvgIpc) is 2.27. The van der Waals surface area contributed by atoms with Crippen LogP contribution in [0.25, 0.3) is 0 Å². The summed E-state index contributed by atoms with van der Waals surface area (Å²) in [5, 5.41) is 20.4. The molecular formula is C19H32O2. The topological polar surface area (TPSA) is 40.5 Å². The first-order valence-electron chi connectivity index (χ1n) is 7.89. The van der Waals surface area contributed by atoms with Crippen LogP contribution >= 0.6 is 0 Å². The van der Waals surface area contributed by atoms with Gasteiger partial charge in [0.15, 0.2) is 0 Å². The minimum Gasteiger partial charge on any atom is -0.507 e. The zero-order valence-electron chi connectivity index (χ0n) is 14.9. The Bertz CT molecular complexity index is 452. The fourth-order valence-corrected chi connectivity index (χ4v) is 2.50. The standard InChI is InChI=1S/C19H32O2/c1-12(13(2)20)9-14-10-15(18(3,4)5)17(21)16(11-14)19(6,7)8/h10-13,20-21H,9H2,1-8H3. The molecule has 2 atom stereocenters. The Labute approximate surface area is 130 Å². The van der Waals surface area contributed by atoms with Crippen molar-refractivity contribution >= 4 is 0 Å². The van der Waals surface area contributed by atoms with E-state index >= 15 is 0 Å². The second-order valence-electron chi connectivity index (χ2n) is 8.46. The molecule has 0 saturated carbocycles. The molecule has 1 rings (SSSR count). The molecular weight excluding hydrogens is 260 g/mol. The minimum absolute atomic E-state index is 0.103. The number of aliphatic hydroxyl groups excluding tert-OH is 1. The van der Waals surface area contributed by atoms with Gasteiger partial charge in [0.05, 0.1) is 6.10 Å². The van der Waals surface area contributed by atoms with E-state index in [4.69, 9.17) is 0 Å². The first-order chi connectivity index (χ1) is 9.34. The Morgan fingerprint density at radius 1 is 0.905 bits per heavy atom. The van der Waals surface area contributed by atoms with Crippen molar-refractivity contribution < 1.29 is 10.2 Å². The van der Waals surface area contributed by atoms with E-state index in [9.17, 15) is 10.2 Å². The van der Waals surface area contributed by atoms with Crippen LogP contribution in [0.1, 0.15) is 72.1 Å². The molecule has 2 unspecified atom stereocenters. The van der Waals surface area contributed by atoms with Gasteiger partial charge in [-0.25, -0.2) is 0 Å². The van der Waals surface area contributed by atoms with Crippen LogP contribution in [0.5, 0.6) is 5.75 Å². The number of rotatable bonds is 3. The number of phenols is 1. The number of aliphatic hydroxyl groups is 1. The summed E-state index contributed by atoms with van der Waals surface area (Å²) in [4.78, 5) is 0. The second-order valence-corrected chi connectivity index (χ2v) is 8.46. The highest BCUT2D eigenvalue weighted by atomic mass is 16.3. The highest BCUT2D eigenvalue weighted by Gasteiger charge is 2.27. The lowest BCUT2D eigenvalue weighted by Crippen LogP contribution is -2.20. The van der Waals surface area contributed by atoms with E-state index in [1.54, 1.807) is 0 Å². The van der Waals surface area contributed by atoms with Crippen LogP contribution in [0.4, 0.5) is 0 Å². The predicted molar refractivity (Wildman–Crippen MR) is 90.1 cm³/mol. The molecule has 0 spiro atoms. The van der Waals surface area contributed by atoms with Crippen LogP contribution < -0.4 is 0 Å². The second kappa shape index (κ2) is 6.00. The van der Waals surface area contributed by atoms with E-state index in [2.05, 4.69) is 60.6 Å². The van der Waals surface area contributed by atoms with Gasteiger partial charge in [0, 0.05) is 0 Å². The summed E-state index contributed by atoms with van der Waals surface area (Å²) in [6.45, 7) is 16.6. The highest BCUT2D eigenvalue weighted by molar-refractivity contribution is 5.50. The number of aromatic hydroxyl groups is 1. The normalized spacial score (nSPS) is 15.9. The van der Waals surface area contributed by atoms with Crippen molar-refractivity contribution in [1.29, 1.82) is 0 Å². The van der Waals surface area contributed by atoms with Crippen molar-refractivity contribution in [3.63, 3.8) is 0 Å². The third-order valence-corrected chi connectivity index (χ3v) is 4.17. The zero-order chi connectivity index (χ0) is 16.6. The van der Waals surface area contributed by atoms with Gasteiger partial charge in [0.2, 0.25) is 0 Å². The maximum Gasteiger partial charge on any atom is 0.123 e. The fourth-order valence-electron chi connectivity index (χ4n) is 2.50. The Morgan fingerprint density at radius 2 is 1.29 bits per heavy atom. The summed E-state index contributed by atoms with van der Waals surface area (Å²) in [5.74, 6) is 0.624. The van der Waals surface area contributed by atoms with E-state index in [-0.39, 0.29) is 22.9 Å². The van der Waals surface area contributed by atoms with E-state index in [1.165, 1.54) is 5.56 Å². The molecule has 0 aliphatic carbocycles. The summed E-state index contributed by atoms with van der Waals surface area (Å²) in [6, 6.07) is 4.20. The van der Waals surface area contributed by atoms with Gasteiger partial charge in [-0.15, -0.1) is 0 Å². The maximum absolute atomic E-state index is 10.7. The molecule has 21 heavy (non-hydrogen) atoms. The molecule has 2 heteroatoms. The van der Waals surface area contributed by atoms with Crippen LogP contribution in [0.3, 0.4) is 0 Å². The molecule has 0 aliphatic rings. The van der Waals surface area contributed by atoms with Crippen LogP contribution in [0.15, 0.2) is 12.1 Å². The SMILES string of the molecule is CC(O)C(C)Cc1cc(C(C)(C)C)c(O)c(C(C)(C)C)c1. The molecule has 0 heterocycles. The van der Waals surface area contributed by atoms with Crippen molar-refractivity contribution in [2.75, 3.05) is 0 Å². The van der Waals surface area contributed by atoms with Crippen molar-refractivity contribution in [3.8, 4) is 5.75 Å². The van der Waals surface area contributed by atoms with Gasteiger partial charge in [0.25, 0.3) is 0 Å². The first-order valence-corrected chi connectivity index (χ1v) is 7.89. The Kier molecular flexibility index (Phi) is 5.15. The molecule has 2 N–H and O–H groups in total. The van der Waals surface area contributed by atoms with Crippen molar-refractivity contribution in [2.24, 2.45) is 5.92 Å². The van der Waals surface area contributed by atoms with E-state index in [0.29, 0.717) is 5.75 Å². The molecule has 0 fully saturated rings. The lowest BCUT2D eigenvalue weighted by Gasteiger charge is -2.29. The molecule has 120 valence electrons. The van der Waals surface area contributed by atoms with Crippen molar-refractivity contribution in [2.45, 2.75) is 78.7 Å². The van der Waals surface area contributed by atoms with Gasteiger partial charge in [0.1, 0.15) is 5.75 Å². The summed E-state index contributed by atoms with van der Waals surface area (Å²) in [5.41, 5.74) is 2.96. The molecule has 0 bridgehead atoms. The minimum atomic E-state index is -0.324. The summed E-state index contributed by atoms with van der Waals surface area (Å²) in [6.07, 6.45) is 0.499. The fraction of sp³-hybridized carbons (Fsp3) is 0.684. The smallest absolute Gasteiger partial charge is 0.123 e. The Balaban J connectivity index is 3.41. The van der Waals surface area contributed by atoms with Gasteiger partial charge in [-0.1, -0.05) is 60.6 Å². The van der Waals surface area contributed by atoms with Gasteiger partial charge in [-0.3, -0.25) is 0 Å². The van der Waals surface area contributed by atoms with Crippen LogP contribution in [0.2, 0.25) is 0 Å². The molecule has 0 aliphatic heterocycles. The summed E-state index contributed by atoms with van der Waals surface area (Å²) < 4.78 is 0. The predicted octanol–water partition coefficient (Wildman–Crippen LogP) is 4.55.